The average Bonchev–Trinajstić information content (AvgIpc) is 2.26. The first kappa shape index (κ1) is 16.4. The first-order valence-electron chi connectivity index (χ1n) is 6.49. The van der Waals surface area contributed by atoms with Gasteiger partial charge in [0, 0.05) is 13.0 Å². The quantitative estimate of drug-likeness (QED) is 0.801. The number of carboxylic acids is 1. The van der Waals surface area contributed by atoms with E-state index in [1.807, 2.05) is 13.8 Å². The predicted octanol–water partition coefficient (Wildman–Crippen LogP) is 0.834. The summed E-state index contributed by atoms with van der Waals surface area (Å²) in [4.78, 5) is 36.3. The molecule has 0 bridgehead atoms. The molecular formula is C13H22N2O5. The van der Waals surface area contributed by atoms with Crippen molar-refractivity contribution in [3.05, 3.63) is 0 Å². The number of carboxylic acid groups (broad SMARTS) is 1. The van der Waals surface area contributed by atoms with Gasteiger partial charge in [-0.05, 0) is 27.7 Å². The van der Waals surface area contributed by atoms with E-state index in [0.717, 1.165) is 0 Å². The fraction of sp³-hybridized carbons (Fsp3) is 0.769. The molecule has 1 aliphatic rings. The maximum Gasteiger partial charge on any atom is 0.324 e. The molecule has 1 aliphatic heterocycles. The van der Waals surface area contributed by atoms with Crippen LogP contribution < -0.4 is 5.32 Å². The molecule has 1 rings (SSSR count). The van der Waals surface area contributed by atoms with E-state index in [4.69, 9.17) is 9.84 Å². The van der Waals surface area contributed by atoms with Crippen LogP contribution in [0.5, 0.6) is 0 Å². The molecule has 7 heteroatoms. The number of imide groups is 1. The van der Waals surface area contributed by atoms with Gasteiger partial charge in [0.2, 0.25) is 5.91 Å². The molecule has 0 aromatic rings. The zero-order valence-electron chi connectivity index (χ0n) is 12.4. The molecule has 2 N–H and O–H groups in total. The number of urea groups is 1. The Bertz CT molecular complexity index is 417. The monoisotopic (exact) mass is 286 g/mol. The number of hydrogen-bond donors (Lipinski definition) is 2. The summed E-state index contributed by atoms with van der Waals surface area (Å²) >= 11 is 0. The second-order valence-electron chi connectivity index (χ2n) is 6.24. The van der Waals surface area contributed by atoms with Gasteiger partial charge in [-0.2, -0.15) is 0 Å². The van der Waals surface area contributed by atoms with Crippen molar-refractivity contribution in [2.75, 3.05) is 19.8 Å². The zero-order valence-corrected chi connectivity index (χ0v) is 12.4. The topological polar surface area (TPSA) is 95.9 Å². The van der Waals surface area contributed by atoms with Gasteiger partial charge in [0.25, 0.3) is 0 Å². The molecule has 0 unspecified atom stereocenters. The van der Waals surface area contributed by atoms with Crippen LogP contribution in [0.15, 0.2) is 0 Å². The minimum absolute atomic E-state index is 0.251. The number of amides is 3. The largest absolute Gasteiger partial charge is 0.481 e. The van der Waals surface area contributed by atoms with Crippen LogP contribution in [0, 0.1) is 5.41 Å². The Morgan fingerprint density at radius 3 is 2.45 bits per heavy atom. The maximum atomic E-state index is 12.1. The van der Waals surface area contributed by atoms with E-state index in [9.17, 15) is 14.4 Å². The van der Waals surface area contributed by atoms with E-state index < -0.39 is 28.9 Å². The number of rotatable bonds is 3. The number of aliphatic carboxylic acids is 1. The fourth-order valence-corrected chi connectivity index (χ4v) is 1.94. The van der Waals surface area contributed by atoms with Crippen LogP contribution in [0.2, 0.25) is 0 Å². The van der Waals surface area contributed by atoms with Crippen molar-refractivity contribution in [1.82, 2.24) is 10.2 Å². The Hall–Kier alpha value is -1.63. The minimum Gasteiger partial charge on any atom is -0.481 e. The Kier molecular flexibility index (Phi) is 4.75. The van der Waals surface area contributed by atoms with Crippen LogP contribution in [-0.4, -0.2) is 53.2 Å². The van der Waals surface area contributed by atoms with Gasteiger partial charge in [-0.3, -0.25) is 14.9 Å². The van der Waals surface area contributed by atoms with Crippen LogP contribution in [0.25, 0.3) is 0 Å². The molecule has 0 saturated carbocycles. The summed E-state index contributed by atoms with van der Waals surface area (Å²) in [5, 5.41) is 11.2. The molecule has 20 heavy (non-hydrogen) atoms. The van der Waals surface area contributed by atoms with E-state index in [0.29, 0.717) is 19.8 Å². The minimum atomic E-state index is -1.20. The van der Waals surface area contributed by atoms with Gasteiger partial charge < -0.3 is 14.7 Å². The summed E-state index contributed by atoms with van der Waals surface area (Å²) < 4.78 is 5.30. The van der Waals surface area contributed by atoms with Gasteiger partial charge >= 0.3 is 12.0 Å². The summed E-state index contributed by atoms with van der Waals surface area (Å²) in [5.74, 6) is -1.67. The highest BCUT2D eigenvalue weighted by Gasteiger charge is 2.36. The Morgan fingerprint density at radius 2 is 1.95 bits per heavy atom. The van der Waals surface area contributed by atoms with E-state index in [1.54, 1.807) is 0 Å². The molecule has 1 saturated heterocycles. The molecule has 7 nitrogen and oxygen atoms in total. The molecule has 0 aliphatic carbocycles. The molecule has 0 aromatic heterocycles. The Balaban J connectivity index is 2.62. The van der Waals surface area contributed by atoms with Crippen molar-refractivity contribution < 1.29 is 24.2 Å². The smallest absolute Gasteiger partial charge is 0.324 e. The van der Waals surface area contributed by atoms with E-state index in [-0.39, 0.29) is 6.42 Å². The van der Waals surface area contributed by atoms with Crippen LogP contribution in [-0.2, 0) is 14.3 Å². The van der Waals surface area contributed by atoms with Crippen LogP contribution in [0.1, 0.15) is 34.1 Å². The third kappa shape index (κ3) is 3.93. The highest BCUT2D eigenvalue weighted by Crippen LogP contribution is 2.21. The summed E-state index contributed by atoms with van der Waals surface area (Å²) in [6.07, 6.45) is -0.251. The summed E-state index contributed by atoms with van der Waals surface area (Å²) in [5.41, 5.74) is -1.70. The van der Waals surface area contributed by atoms with E-state index in [1.165, 1.54) is 18.7 Å². The molecule has 114 valence electrons. The second-order valence-corrected chi connectivity index (χ2v) is 6.24. The van der Waals surface area contributed by atoms with Gasteiger partial charge in [-0.15, -0.1) is 0 Å². The lowest BCUT2D eigenvalue weighted by Gasteiger charge is -2.41. The first-order valence-corrected chi connectivity index (χ1v) is 6.49. The highest BCUT2D eigenvalue weighted by atomic mass is 16.5. The SMILES string of the molecule is CC(C)(CC(=O)NC(=O)N1CCOCC1(C)C)C(=O)O. The number of ether oxygens (including phenoxy) is 1. The van der Waals surface area contributed by atoms with Crippen molar-refractivity contribution in [2.24, 2.45) is 5.41 Å². The first-order chi connectivity index (χ1) is 9.06. The van der Waals surface area contributed by atoms with Crippen LogP contribution in [0.3, 0.4) is 0 Å². The normalized spacial score (nSPS) is 18.5. The van der Waals surface area contributed by atoms with Crippen molar-refractivity contribution >= 4 is 17.9 Å². The molecular weight excluding hydrogens is 264 g/mol. The third-order valence-electron chi connectivity index (χ3n) is 3.32. The van der Waals surface area contributed by atoms with Crippen molar-refractivity contribution in [1.29, 1.82) is 0 Å². The lowest BCUT2D eigenvalue weighted by Crippen LogP contribution is -2.59. The summed E-state index contributed by atoms with van der Waals surface area (Å²) in [6, 6.07) is -0.510. The lowest BCUT2D eigenvalue weighted by atomic mass is 9.89. The molecule has 0 radical (unpaired) electrons. The highest BCUT2D eigenvalue weighted by molar-refractivity contribution is 5.96. The Labute approximate surface area is 118 Å². The molecule has 1 heterocycles. The number of nitrogens with one attached hydrogen (secondary N) is 1. The van der Waals surface area contributed by atoms with Gasteiger partial charge in [0.05, 0.1) is 24.2 Å². The van der Waals surface area contributed by atoms with Crippen molar-refractivity contribution in [3.63, 3.8) is 0 Å². The van der Waals surface area contributed by atoms with E-state index in [2.05, 4.69) is 5.32 Å². The molecule has 3 amide bonds. The predicted molar refractivity (Wildman–Crippen MR) is 71.2 cm³/mol. The number of morpholine rings is 1. The summed E-state index contributed by atoms with van der Waals surface area (Å²) in [6.45, 7) is 7.79. The number of carbonyl (C=O) groups excluding carboxylic acids is 2. The van der Waals surface area contributed by atoms with Crippen LogP contribution >= 0.6 is 0 Å². The number of carbonyl (C=O) groups is 3. The average molecular weight is 286 g/mol. The maximum absolute atomic E-state index is 12.1. The molecule has 0 aromatic carbocycles. The van der Waals surface area contributed by atoms with Gasteiger partial charge in [0.1, 0.15) is 0 Å². The number of hydrogen-bond acceptors (Lipinski definition) is 4. The number of nitrogens with zero attached hydrogens (tertiary/aromatic N) is 1. The van der Waals surface area contributed by atoms with Crippen LogP contribution in [0.4, 0.5) is 4.79 Å². The van der Waals surface area contributed by atoms with Gasteiger partial charge in [-0.25, -0.2) is 4.79 Å². The molecule has 0 atom stereocenters. The molecule has 1 fully saturated rings. The fourth-order valence-electron chi connectivity index (χ4n) is 1.94. The van der Waals surface area contributed by atoms with Crippen molar-refractivity contribution in [2.45, 2.75) is 39.7 Å². The van der Waals surface area contributed by atoms with Crippen molar-refractivity contribution in [3.8, 4) is 0 Å². The second kappa shape index (κ2) is 5.78. The van der Waals surface area contributed by atoms with E-state index >= 15 is 0 Å². The zero-order chi connectivity index (χ0) is 15.6. The Morgan fingerprint density at radius 1 is 1.35 bits per heavy atom. The van der Waals surface area contributed by atoms with Gasteiger partial charge in [0.15, 0.2) is 0 Å². The standard InChI is InChI=1S/C13H22N2O5/c1-12(2,10(17)18)7-9(16)14-11(19)15-5-6-20-8-13(15,3)4/h5-8H2,1-4H3,(H,17,18)(H,14,16,19). The third-order valence-corrected chi connectivity index (χ3v) is 3.32. The van der Waals surface area contributed by atoms with Gasteiger partial charge in [-0.1, -0.05) is 0 Å². The molecule has 0 spiro atoms. The lowest BCUT2D eigenvalue weighted by molar-refractivity contribution is -0.149. The summed E-state index contributed by atoms with van der Waals surface area (Å²) in [7, 11) is 0.